The van der Waals surface area contributed by atoms with E-state index in [9.17, 15) is 5.11 Å². The lowest BCUT2D eigenvalue weighted by atomic mass is 10.1. The minimum absolute atomic E-state index is 0.228. The van der Waals surface area contributed by atoms with Gasteiger partial charge in [-0.05, 0) is 55.3 Å². The van der Waals surface area contributed by atoms with Crippen LogP contribution in [0.2, 0.25) is 10.0 Å². The van der Waals surface area contributed by atoms with Crippen molar-refractivity contribution in [3.05, 3.63) is 63.6 Å². The van der Waals surface area contributed by atoms with Crippen molar-refractivity contribution in [2.24, 2.45) is 0 Å². The van der Waals surface area contributed by atoms with Crippen molar-refractivity contribution in [3.63, 3.8) is 0 Å². The lowest BCUT2D eigenvalue weighted by Crippen LogP contribution is -2.17. The summed E-state index contributed by atoms with van der Waals surface area (Å²) < 4.78 is 5.50. The summed E-state index contributed by atoms with van der Waals surface area (Å²) in [4.78, 5) is 0. The van der Waals surface area contributed by atoms with Gasteiger partial charge in [0.15, 0.2) is 0 Å². The third-order valence-electron chi connectivity index (χ3n) is 3.28. The quantitative estimate of drug-likeness (QED) is 0.702. The fourth-order valence-corrected chi connectivity index (χ4v) is 2.52. The van der Waals surface area contributed by atoms with Crippen LogP contribution >= 0.6 is 23.2 Å². The average Bonchev–Trinajstić information content (AvgIpc) is 2.51. The zero-order chi connectivity index (χ0) is 16.7. The first-order chi connectivity index (χ1) is 11.0. The molecule has 0 saturated heterocycles. The molecule has 0 spiro atoms. The Morgan fingerprint density at radius 3 is 2.70 bits per heavy atom. The standard InChI is InChI=1S/C18H21Cl2NO2/c1-13(22)12-23-18-10-15(5-6-17(18)20)11-21-8-7-14-3-2-4-16(19)9-14/h2-6,9-10,13,21-22H,7-8,11-12H2,1H3/t13-/m1/s1. The maximum absolute atomic E-state index is 9.29. The molecule has 2 aromatic carbocycles. The van der Waals surface area contributed by atoms with Crippen molar-refractivity contribution in [2.75, 3.05) is 13.2 Å². The number of aliphatic hydroxyl groups excluding tert-OH is 1. The molecule has 0 amide bonds. The summed E-state index contributed by atoms with van der Waals surface area (Å²) in [6, 6.07) is 13.6. The predicted molar refractivity (Wildman–Crippen MR) is 95.5 cm³/mol. The Morgan fingerprint density at radius 2 is 1.96 bits per heavy atom. The van der Waals surface area contributed by atoms with Gasteiger partial charge >= 0.3 is 0 Å². The van der Waals surface area contributed by atoms with E-state index in [0.717, 1.165) is 30.1 Å². The van der Waals surface area contributed by atoms with Gasteiger partial charge in [-0.3, -0.25) is 0 Å². The van der Waals surface area contributed by atoms with Crippen LogP contribution in [0, 0.1) is 0 Å². The van der Waals surface area contributed by atoms with Gasteiger partial charge in [-0.15, -0.1) is 0 Å². The summed E-state index contributed by atoms with van der Waals surface area (Å²) in [5.74, 6) is 0.599. The highest BCUT2D eigenvalue weighted by Gasteiger charge is 2.05. The maximum atomic E-state index is 9.29. The number of rotatable bonds is 8. The molecule has 0 fully saturated rings. The number of halogens is 2. The van der Waals surface area contributed by atoms with Gasteiger partial charge in [0.25, 0.3) is 0 Å². The Kier molecular flexibility index (Phi) is 7.18. The summed E-state index contributed by atoms with van der Waals surface area (Å²) in [5, 5.41) is 14.0. The highest BCUT2D eigenvalue weighted by Crippen LogP contribution is 2.25. The second kappa shape index (κ2) is 9.14. The summed E-state index contributed by atoms with van der Waals surface area (Å²) >= 11 is 12.1. The second-order valence-electron chi connectivity index (χ2n) is 5.48. The molecule has 1 atom stereocenters. The molecule has 2 N–H and O–H groups in total. The molecule has 0 heterocycles. The zero-order valence-electron chi connectivity index (χ0n) is 13.1. The number of ether oxygens (including phenoxy) is 1. The molecule has 23 heavy (non-hydrogen) atoms. The van der Waals surface area contributed by atoms with Gasteiger partial charge in [0.2, 0.25) is 0 Å². The van der Waals surface area contributed by atoms with Crippen LogP contribution < -0.4 is 10.1 Å². The normalized spacial score (nSPS) is 12.2. The summed E-state index contributed by atoms with van der Waals surface area (Å²) in [6.45, 7) is 3.48. The van der Waals surface area contributed by atoms with Gasteiger partial charge in [0, 0.05) is 11.6 Å². The summed E-state index contributed by atoms with van der Waals surface area (Å²) in [6.07, 6.45) is 0.394. The molecule has 0 saturated carbocycles. The molecule has 2 rings (SSSR count). The van der Waals surface area contributed by atoms with E-state index in [1.807, 2.05) is 36.4 Å². The lowest BCUT2D eigenvalue weighted by Gasteiger charge is -2.12. The van der Waals surface area contributed by atoms with Gasteiger partial charge in [-0.1, -0.05) is 41.4 Å². The van der Waals surface area contributed by atoms with Gasteiger partial charge < -0.3 is 15.2 Å². The van der Waals surface area contributed by atoms with Crippen molar-refractivity contribution in [1.29, 1.82) is 0 Å². The van der Waals surface area contributed by atoms with E-state index in [1.54, 1.807) is 6.92 Å². The maximum Gasteiger partial charge on any atom is 0.138 e. The first-order valence-corrected chi connectivity index (χ1v) is 8.34. The first kappa shape index (κ1) is 18.1. The Morgan fingerprint density at radius 1 is 1.13 bits per heavy atom. The molecule has 2 aromatic rings. The van der Waals surface area contributed by atoms with Crippen LogP contribution in [0.4, 0.5) is 0 Å². The molecule has 0 aliphatic rings. The zero-order valence-corrected chi connectivity index (χ0v) is 14.6. The molecule has 0 radical (unpaired) electrons. The van der Waals surface area contributed by atoms with Gasteiger partial charge in [0.05, 0.1) is 11.1 Å². The van der Waals surface area contributed by atoms with Crippen LogP contribution in [0.15, 0.2) is 42.5 Å². The van der Waals surface area contributed by atoms with Crippen molar-refractivity contribution in [2.45, 2.75) is 26.0 Å². The minimum atomic E-state index is -0.523. The number of aliphatic hydroxyl groups is 1. The number of hydrogen-bond donors (Lipinski definition) is 2. The number of nitrogens with one attached hydrogen (secondary N) is 1. The average molecular weight is 354 g/mol. The molecule has 0 aliphatic carbocycles. The van der Waals surface area contributed by atoms with E-state index in [0.29, 0.717) is 10.8 Å². The third kappa shape index (κ3) is 6.40. The molecule has 0 bridgehead atoms. The van der Waals surface area contributed by atoms with E-state index in [2.05, 4.69) is 11.4 Å². The van der Waals surface area contributed by atoms with Crippen LogP contribution in [0.5, 0.6) is 5.75 Å². The van der Waals surface area contributed by atoms with E-state index in [4.69, 9.17) is 27.9 Å². The van der Waals surface area contributed by atoms with E-state index in [-0.39, 0.29) is 6.61 Å². The molecule has 0 aromatic heterocycles. The van der Waals surface area contributed by atoms with Crippen molar-refractivity contribution in [3.8, 4) is 5.75 Å². The monoisotopic (exact) mass is 353 g/mol. The van der Waals surface area contributed by atoms with Crippen LogP contribution in [0.25, 0.3) is 0 Å². The van der Waals surface area contributed by atoms with Crippen LogP contribution in [-0.2, 0) is 13.0 Å². The van der Waals surface area contributed by atoms with Gasteiger partial charge in [-0.2, -0.15) is 0 Å². The largest absolute Gasteiger partial charge is 0.489 e. The first-order valence-electron chi connectivity index (χ1n) is 7.59. The predicted octanol–water partition coefficient (Wildman–Crippen LogP) is 4.09. The topological polar surface area (TPSA) is 41.5 Å². The fraction of sp³-hybridized carbons (Fsp3) is 0.333. The minimum Gasteiger partial charge on any atom is -0.489 e. The third-order valence-corrected chi connectivity index (χ3v) is 3.83. The smallest absolute Gasteiger partial charge is 0.138 e. The van der Waals surface area contributed by atoms with Crippen LogP contribution in [-0.4, -0.2) is 24.4 Å². The molecule has 3 nitrogen and oxygen atoms in total. The Hall–Kier alpha value is -1.26. The Bertz CT molecular complexity index is 632. The van der Waals surface area contributed by atoms with E-state index < -0.39 is 6.10 Å². The highest BCUT2D eigenvalue weighted by molar-refractivity contribution is 6.32. The lowest BCUT2D eigenvalue weighted by molar-refractivity contribution is 0.123. The van der Waals surface area contributed by atoms with Crippen molar-refractivity contribution < 1.29 is 9.84 Å². The molecular formula is C18H21Cl2NO2. The van der Waals surface area contributed by atoms with Crippen LogP contribution in [0.1, 0.15) is 18.1 Å². The Balaban J connectivity index is 1.82. The van der Waals surface area contributed by atoms with Gasteiger partial charge in [0.1, 0.15) is 12.4 Å². The Labute approximate surface area is 147 Å². The SMILES string of the molecule is C[C@@H](O)COc1cc(CNCCc2cccc(Cl)c2)ccc1Cl. The molecule has 124 valence electrons. The van der Waals surface area contributed by atoms with E-state index >= 15 is 0 Å². The number of benzene rings is 2. The van der Waals surface area contributed by atoms with Gasteiger partial charge in [-0.25, -0.2) is 0 Å². The number of hydrogen-bond acceptors (Lipinski definition) is 3. The molecule has 0 aliphatic heterocycles. The molecule has 0 unspecified atom stereocenters. The summed E-state index contributed by atoms with van der Waals surface area (Å²) in [5.41, 5.74) is 2.29. The summed E-state index contributed by atoms with van der Waals surface area (Å²) in [7, 11) is 0. The van der Waals surface area contributed by atoms with Crippen molar-refractivity contribution in [1.82, 2.24) is 5.32 Å². The van der Waals surface area contributed by atoms with Crippen LogP contribution in [0.3, 0.4) is 0 Å². The van der Waals surface area contributed by atoms with E-state index in [1.165, 1.54) is 5.56 Å². The molecule has 5 heteroatoms. The van der Waals surface area contributed by atoms with Crippen molar-refractivity contribution >= 4 is 23.2 Å². The highest BCUT2D eigenvalue weighted by atomic mass is 35.5. The fourth-order valence-electron chi connectivity index (χ4n) is 2.14. The second-order valence-corrected chi connectivity index (χ2v) is 6.33. The molecular weight excluding hydrogens is 333 g/mol.